The van der Waals surface area contributed by atoms with Crippen LogP contribution < -0.4 is 4.90 Å². The summed E-state index contributed by atoms with van der Waals surface area (Å²) in [6, 6.07) is 6.81. The van der Waals surface area contributed by atoms with E-state index >= 15 is 0 Å². The van der Waals surface area contributed by atoms with Crippen LogP contribution in [-0.4, -0.2) is 41.7 Å². The number of fused-ring (bicyclic) bond motifs is 5. The normalized spacial score (nSPS) is 30.1. The van der Waals surface area contributed by atoms with Crippen LogP contribution in [0.1, 0.15) is 13.8 Å². The van der Waals surface area contributed by atoms with Gasteiger partial charge in [-0.3, -0.25) is 19.2 Å². The van der Waals surface area contributed by atoms with Crippen molar-refractivity contribution in [1.29, 1.82) is 0 Å². The van der Waals surface area contributed by atoms with Crippen molar-refractivity contribution in [3.8, 4) is 0 Å². The van der Waals surface area contributed by atoms with Gasteiger partial charge in [-0.1, -0.05) is 28.1 Å². The van der Waals surface area contributed by atoms with Gasteiger partial charge in [0.05, 0.1) is 23.6 Å². The Labute approximate surface area is 168 Å². The van der Waals surface area contributed by atoms with E-state index in [4.69, 9.17) is 14.2 Å². The van der Waals surface area contributed by atoms with Gasteiger partial charge in [-0.2, -0.15) is 0 Å². The molecule has 3 aliphatic rings. The number of hydrogen-bond donors (Lipinski definition) is 0. The molecule has 1 aromatic rings. The van der Waals surface area contributed by atoms with Gasteiger partial charge in [-0.05, 0) is 24.3 Å². The van der Waals surface area contributed by atoms with Crippen LogP contribution in [0.3, 0.4) is 0 Å². The number of carbonyl (C=O) groups excluding carboxylic acids is 4. The van der Waals surface area contributed by atoms with E-state index in [1.165, 1.54) is 0 Å². The van der Waals surface area contributed by atoms with Gasteiger partial charge in [0.2, 0.25) is 11.8 Å². The molecule has 0 N–H and O–H groups in total. The van der Waals surface area contributed by atoms with Crippen LogP contribution in [0.2, 0.25) is 0 Å². The van der Waals surface area contributed by atoms with Gasteiger partial charge in [-0.15, -0.1) is 0 Å². The quantitative estimate of drug-likeness (QED) is 0.298. The molecule has 2 amide bonds. The highest BCUT2D eigenvalue weighted by Gasteiger charge is 2.72. The Morgan fingerprint density at radius 3 is 2.46 bits per heavy atom. The largest absolute Gasteiger partial charge is 0.422 e. The summed E-state index contributed by atoms with van der Waals surface area (Å²) in [6.07, 6.45) is 1.03. The number of benzene rings is 1. The maximum atomic E-state index is 13.3. The van der Waals surface area contributed by atoms with Crippen LogP contribution >= 0.6 is 15.9 Å². The lowest BCUT2D eigenvalue weighted by Crippen LogP contribution is -2.52. The van der Waals surface area contributed by atoms with Gasteiger partial charge in [-0.25, -0.2) is 4.90 Å². The number of halogens is 1. The van der Waals surface area contributed by atoms with E-state index in [9.17, 15) is 19.2 Å². The number of esters is 2. The molecular weight excluding hydrogens is 434 g/mol. The van der Waals surface area contributed by atoms with E-state index in [0.29, 0.717) is 10.2 Å². The molecule has 2 bridgehead atoms. The Bertz CT molecular complexity index is 913. The molecule has 1 aromatic carbocycles. The lowest BCUT2D eigenvalue weighted by atomic mass is 9.76. The molecular formula is C19H16BrNO7. The summed E-state index contributed by atoms with van der Waals surface area (Å²) in [5.41, 5.74) is -1.12. The molecule has 9 heteroatoms. The summed E-state index contributed by atoms with van der Waals surface area (Å²) in [6.45, 7) is 2.32. The standard InChI is InChI=1S/C19H16BrNO7/c1-9(22)26-18(27-10(2)23)19-7-6-13(28-19)14-15(19)17(25)21(16(14)24)12-5-3-4-11(20)8-12/h3-8,13-15,18H,1-2H3/t13-,14-,15+,19-/m0/s1. The first-order valence-corrected chi connectivity index (χ1v) is 9.39. The maximum absolute atomic E-state index is 13.3. The molecule has 8 nitrogen and oxygen atoms in total. The molecule has 4 rings (SSSR count). The molecule has 2 fully saturated rings. The highest BCUT2D eigenvalue weighted by Crippen LogP contribution is 2.54. The van der Waals surface area contributed by atoms with Crippen LogP contribution in [0.5, 0.6) is 0 Å². The minimum Gasteiger partial charge on any atom is -0.422 e. The summed E-state index contributed by atoms with van der Waals surface area (Å²) in [5.74, 6) is -4.07. The zero-order chi connectivity index (χ0) is 20.2. The summed E-state index contributed by atoms with van der Waals surface area (Å²) in [5, 5.41) is 0. The first kappa shape index (κ1) is 18.8. The molecule has 0 spiro atoms. The van der Waals surface area contributed by atoms with E-state index < -0.39 is 53.6 Å². The molecule has 0 saturated carbocycles. The van der Waals surface area contributed by atoms with Gasteiger partial charge < -0.3 is 14.2 Å². The number of imide groups is 1. The van der Waals surface area contributed by atoms with Crippen LogP contribution in [-0.2, 0) is 33.4 Å². The summed E-state index contributed by atoms with van der Waals surface area (Å²) in [7, 11) is 0. The van der Waals surface area contributed by atoms with Crippen LogP contribution in [0.4, 0.5) is 5.69 Å². The van der Waals surface area contributed by atoms with E-state index in [1.807, 2.05) is 0 Å². The van der Waals surface area contributed by atoms with Crippen molar-refractivity contribution >= 4 is 45.4 Å². The second-order valence-electron chi connectivity index (χ2n) is 6.84. The molecule has 2 saturated heterocycles. The SMILES string of the molecule is CC(=O)OC(OC(C)=O)[C@@]12C=C[C@H](O1)[C@@H]1C(=O)N(c3cccc(Br)c3)C(=O)[C@@H]12. The van der Waals surface area contributed by atoms with Gasteiger partial charge >= 0.3 is 11.9 Å². The average Bonchev–Trinajstić information content (AvgIpc) is 3.25. The minimum absolute atomic E-state index is 0.409. The van der Waals surface area contributed by atoms with Crippen molar-refractivity contribution < 1.29 is 33.4 Å². The maximum Gasteiger partial charge on any atom is 0.305 e. The predicted octanol–water partition coefficient (Wildman–Crippen LogP) is 1.71. The first-order chi connectivity index (χ1) is 13.2. The van der Waals surface area contributed by atoms with Gasteiger partial charge in [0, 0.05) is 18.3 Å². The average molecular weight is 450 g/mol. The molecule has 4 atom stereocenters. The fourth-order valence-electron chi connectivity index (χ4n) is 4.09. The third kappa shape index (κ3) is 2.68. The highest BCUT2D eigenvalue weighted by atomic mass is 79.9. The molecule has 0 radical (unpaired) electrons. The van der Waals surface area contributed by atoms with E-state index in [0.717, 1.165) is 18.7 Å². The van der Waals surface area contributed by atoms with Crippen molar-refractivity contribution in [3.05, 3.63) is 40.9 Å². The number of rotatable bonds is 4. The lowest BCUT2D eigenvalue weighted by Gasteiger charge is -2.34. The van der Waals surface area contributed by atoms with Gasteiger partial charge in [0.15, 0.2) is 5.60 Å². The summed E-state index contributed by atoms with van der Waals surface area (Å²) in [4.78, 5) is 50.6. The number of nitrogens with zero attached hydrogens (tertiary/aromatic N) is 1. The number of carbonyl (C=O) groups is 4. The van der Waals surface area contributed by atoms with Crippen LogP contribution in [0, 0.1) is 11.8 Å². The van der Waals surface area contributed by atoms with Crippen molar-refractivity contribution in [1.82, 2.24) is 0 Å². The monoisotopic (exact) mass is 449 g/mol. The summed E-state index contributed by atoms with van der Waals surface area (Å²) >= 11 is 3.33. The van der Waals surface area contributed by atoms with E-state index in [2.05, 4.69) is 15.9 Å². The highest BCUT2D eigenvalue weighted by molar-refractivity contribution is 9.10. The minimum atomic E-state index is -1.54. The first-order valence-electron chi connectivity index (χ1n) is 8.59. The smallest absolute Gasteiger partial charge is 0.305 e. The third-order valence-electron chi connectivity index (χ3n) is 5.06. The predicted molar refractivity (Wildman–Crippen MR) is 97.7 cm³/mol. The molecule has 0 aliphatic carbocycles. The van der Waals surface area contributed by atoms with Crippen LogP contribution in [0.25, 0.3) is 0 Å². The zero-order valence-corrected chi connectivity index (χ0v) is 16.5. The molecule has 28 heavy (non-hydrogen) atoms. The fourth-order valence-corrected chi connectivity index (χ4v) is 4.47. The fraction of sp³-hybridized carbons (Fsp3) is 0.368. The summed E-state index contributed by atoms with van der Waals surface area (Å²) < 4.78 is 17.0. The topological polar surface area (TPSA) is 99.2 Å². The third-order valence-corrected chi connectivity index (χ3v) is 5.55. The number of hydrogen-bond acceptors (Lipinski definition) is 7. The number of amides is 2. The number of anilines is 1. The van der Waals surface area contributed by atoms with Crippen molar-refractivity contribution in [3.63, 3.8) is 0 Å². The molecule has 3 aliphatic heterocycles. The van der Waals surface area contributed by atoms with E-state index in [-0.39, 0.29) is 0 Å². The zero-order valence-electron chi connectivity index (χ0n) is 15.0. The Balaban J connectivity index is 1.75. The second-order valence-corrected chi connectivity index (χ2v) is 7.76. The van der Waals surface area contributed by atoms with Crippen LogP contribution in [0.15, 0.2) is 40.9 Å². The Morgan fingerprint density at radius 1 is 1.18 bits per heavy atom. The number of ether oxygens (including phenoxy) is 3. The molecule has 0 unspecified atom stereocenters. The Morgan fingerprint density at radius 2 is 1.86 bits per heavy atom. The lowest BCUT2D eigenvalue weighted by molar-refractivity contribution is -0.226. The Hall–Kier alpha value is -2.52. The molecule has 3 heterocycles. The van der Waals surface area contributed by atoms with E-state index in [1.54, 1.807) is 36.4 Å². The van der Waals surface area contributed by atoms with Crippen molar-refractivity contribution in [2.45, 2.75) is 31.8 Å². The Kier molecular flexibility index (Phi) is 4.39. The second kappa shape index (κ2) is 6.52. The van der Waals surface area contributed by atoms with Crippen molar-refractivity contribution in [2.24, 2.45) is 11.8 Å². The van der Waals surface area contributed by atoms with Gasteiger partial charge in [0.25, 0.3) is 6.29 Å². The van der Waals surface area contributed by atoms with Gasteiger partial charge in [0.1, 0.15) is 0 Å². The molecule has 0 aromatic heterocycles. The molecule has 146 valence electrons. The van der Waals surface area contributed by atoms with Crippen molar-refractivity contribution in [2.75, 3.05) is 4.90 Å².